The fraction of sp³-hybridized carbons (Fsp3) is 0.462. The molecule has 1 atom stereocenters. The molecule has 1 aliphatic rings. The lowest BCUT2D eigenvalue weighted by molar-refractivity contribution is -0.119. The number of aryl methyl sites for hydroxylation is 1. The average Bonchev–Trinajstić information content (AvgIpc) is 2.68. The molecule has 1 amide bonds. The van der Waals surface area contributed by atoms with Crippen molar-refractivity contribution < 1.29 is 13.2 Å². The lowest BCUT2D eigenvalue weighted by Gasteiger charge is -2.10. The number of thioether (sulfide) groups is 1. The van der Waals surface area contributed by atoms with Crippen LogP contribution in [0.15, 0.2) is 29.2 Å². The Morgan fingerprint density at radius 2 is 2.05 bits per heavy atom. The quantitative estimate of drug-likeness (QED) is 0.853. The van der Waals surface area contributed by atoms with Gasteiger partial charge >= 0.3 is 0 Å². The second-order valence-electron chi connectivity index (χ2n) is 4.77. The molecule has 4 nitrogen and oxygen atoms in total. The van der Waals surface area contributed by atoms with Crippen molar-refractivity contribution in [2.45, 2.75) is 24.3 Å². The molecule has 1 N–H and O–H groups in total. The molecule has 0 unspecified atom stereocenters. The summed E-state index contributed by atoms with van der Waals surface area (Å²) in [6, 6.07) is 7.75. The first-order chi connectivity index (χ1) is 8.94. The predicted molar refractivity (Wildman–Crippen MR) is 77.1 cm³/mol. The topological polar surface area (TPSA) is 63.2 Å². The molecule has 1 aromatic carbocycles. The van der Waals surface area contributed by atoms with Gasteiger partial charge in [0.2, 0.25) is 5.91 Å². The van der Waals surface area contributed by atoms with Crippen molar-refractivity contribution in [2.24, 2.45) is 0 Å². The highest BCUT2D eigenvalue weighted by atomic mass is 32.2. The number of carbonyl (C=O) groups is 1. The van der Waals surface area contributed by atoms with E-state index < -0.39 is 9.84 Å². The Kier molecular flexibility index (Phi) is 4.52. The molecule has 0 saturated carbocycles. The maximum atomic E-state index is 11.7. The van der Waals surface area contributed by atoms with Crippen molar-refractivity contribution >= 4 is 27.5 Å². The van der Waals surface area contributed by atoms with Crippen LogP contribution in [-0.4, -0.2) is 37.6 Å². The number of benzene rings is 1. The second-order valence-corrected chi connectivity index (χ2v) is 8.05. The van der Waals surface area contributed by atoms with Crippen LogP contribution in [-0.2, 0) is 14.6 Å². The summed E-state index contributed by atoms with van der Waals surface area (Å²) in [4.78, 5) is 12.8. The van der Waals surface area contributed by atoms with Crippen LogP contribution in [0.2, 0.25) is 0 Å². The molecule has 6 heteroatoms. The molecule has 104 valence electrons. The van der Waals surface area contributed by atoms with E-state index in [1.54, 1.807) is 0 Å². The third kappa shape index (κ3) is 4.54. The van der Waals surface area contributed by atoms with Gasteiger partial charge in [-0.25, -0.2) is 8.42 Å². The third-order valence-electron chi connectivity index (χ3n) is 2.99. The Bertz CT molecular complexity index is 552. The largest absolute Gasteiger partial charge is 0.352 e. The van der Waals surface area contributed by atoms with Crippen LogP contribution in [0.4, 0.5) is 0 Å². The smallest absolute Gasteiger partial charge is 0.230 e. The number of sulfone groups is 1. The number of rotatable bonds is 4. The molecule has 1 saturated heterocycles. The molecule has 1 heterocycles. The molecule has 19 heavy (non-hydrogen) atoms. The third-order valence-corrected chi connectivity index (χ3v) is 5.77. The molecule has 1 fully saturated rings. The van der Waals surface area contributed by atoms with Gasteiger partial charge in [0, 0.05) is 10.9 Å². The first-order valence-corrected chi connectivity index (χ1v) is 8.94. The Morgan fingerprint density at radius 1 is 1.37 bits per heavy atom. The average molecular weight is 299 g/mol. The zero-order chi connectivity index (χ0) is 13.9. The minimum absolute atomic E-state index is 0.0773. The molecular formula is C13H17NO3S2. The molecule has 0 aromatic heterocycles. The summed E-state index contributed by atoms with van der Waals surface area (Å²) in [6.07, 6.45) is 0.531. The van der Waals surface area contributed by atoms with Crippen LogP contribution in [0.5, 0.6) is 0 Å². The minimum atomic E-state index is -2.93. The zero-order valence-electron chi connectivity index (χ0n) is 10.8. The number of carbonyl (C=O) groups excluding carboxylic acids is 1. The minimum Gasteiger partial charge on any atom is -0.352 e. The number of hydrogen-bond acceptors (Lipinski definition) is 4. The van der Waals surface area contributed by atoms with Gasteiger partial charge in [-0.3, -0.25) is 4.79 Å². The number of amides is 1. The summed E-state index contributed by atoms with van der Waals surface area (Å²) in [7, 11) is -2.93. The van der Waals surface area contributed by atoms with Gasteiger partial charge in [0.1, 0.15) is 0 Å². The van der Waals surface area contributed by atoms with Crippen LogP contribution in [0.25, 0.3) is 0 Å². The molecule has 0 aliphatic carbocycles. The van der Waals surface area contributed by atoms with Crippen molar-refractivity contribution in [1.29, 1.82) is 0 Å². The molecular weight excluding hydrogens is 282 g/mol. The van der Waals surface area contributed by atoms with Gasteiger partial charge in [0.05, 0.1) is 17.3 Å². The standard InChI is InChI=1S/C13H17NO3S2/c1-10-2-4-12(5-3-10)18-8-13(15)14-11-6-7-19(16,17)9-11/h2-5,11H,6-9H2,1H3,(H,14,15)/t11-/m0/s1. The number of nitrogens with one attached hydrogen (secondary N) is 1. The molecule has 0 radical (unpaired) electrons. The molecule has 1 aromatic rings. The van der Waals surface area contributed by atoms with Crippen LogP contribution >= 0.6 is 11.8 Å². The predicted octanol–water partition coefficient (Wildman–Crippen LogP) is 1.39. The first kappa shape index (κ1) is 14.4. The van der Waals surface area contributed by atoms with Crippen molar-refractivity contribution in [3.05, 3.63) is 29.8 Å². The summed E-state index contributed by atoms with van der Waals surface area (Å²) in [6.45, 7) is 2.02. The summed E-state index contributed by atoms with van der Waals surface area (Å²) in [5, 5.41) is 2.78. The van der Waals surface area contributed by atoms with E-state index in [1.165, 1.54) is 17.3 Å². The van der Waals surface area contributed by atoms with Crippen molar-refractivity contribution in [1.82, 2.24) is 5.32 Å². The maximum absolute atomic E-state index is 11.7. The number of hydrogen-bond donors (Lipinski definition) is 1. The molecule has 0 spiro atoms. The van der Waals surface area contributed by atoms with Crippen LogP contribution in [0, 0.1) is 6.92 Å². The zero-order valence-corrected chi connectivity index (χ0v) is 12.4. The highest BCUT2D eigenvalue weighted by Crippen LogP contribution is 2.18. The van der Waals surface area contributed by atoms with Gasteiger partial charge in [-0.2, -0.15) is 0 Å². The van der Waals surface area contributed by atoms with E-state index in [9.17, 15) is 13.2 Å². The summed E-state index contributed by atoms with van der Waals surface area (Å²) < 4.78 is 22.6. The summed E-state index contributed by atoms with van der Waals surface area (Å²) in [5.41, 5.74) is 1.19. The summed E-state index contributed by atoms with van der Waals surface area (Å²) in [5.74, 6) is 0.476. The SMILES string of the molecule is Cc1ccc(SCC(=O)N[C@H]2CCS(=O)(=O)C2)cc1. The van der Waals surface area contributed by atoms with Crippen LogP contribution < -0.4 is 5.32 Å². The van der Waals surface area contributed by atoms with E-state index in [4.69, 9.17) is 0 Å². The monoisotopic (exact) mass is 299 g/mol. The highest BCUT2D eigenvalue weighted by Gasteiger charge is 2.28. The van der Waals surface area contributed by atoms with E-state index >= 15 is 0 Å². The van der Waals surface area contributed by atoms with Gasteiger partial charge in [0.25, 0.3) is 0 Å². The summed E-state index contributed by atoms with van der Waals surface area (Å²) >= 11 is 1.46. The van der Waals surface area contributed by atoms with Crippen LogP contribution in [0.1, 0.15) is 12.0 Å². The van der Waals surface area contributed by atoms with Crippen molar-refractivity contribution in [2.75, 3.05) is 17.3 Å². The lowest BCUT2D eigenvalue weighted by Crippen LogP contribution is -2.36. The first-order valence-electron chi connectivity index (χ1n) is 6.14. The Morgan fingerprint density at radius 3 is 2.63 bits per heavy atom. The molecule has 2 rings (SSSR count). The van der Waals surface area contributed by atoms with Crippen molar-refractivity contribution in [3.63, 3.8) is 0 Å². The Balaban J connectivity index is 1.77. The lowest BCUT2D eigenvalue weighted by atomic mass is 10.2. The normalized spacial score (nSPS) is 21.2. The Hall–Kier alpha value is -1.01. The highest BCUT2D eigenvalue weighted by molar-refractivity contribution is 8.00. The Labute approximate surface area is 117 Å². The van der Waals surface area contributed by atoms with Crippen molar-refractivity contribution in [3.8, 4) is 0 Å². The fourth-order valence-corrected chi connectivity index (χ4v) is 4.34. The van der Waals surface area contributed by atoms with Gasteiger partial charge in [-0.1, -0.05) is 17.7 Å². The van der Waals surface area contributed by atoms with E-state index in [0.29, 0.717) is 12.2 Å². The van der Waals surface area contributed by atoms with Gasteiger partial charge in [-0.15, -0.1) is 11.8 Å². The van der Waals surface area contributed by atoms with Gasteiger partial charge in [-0.05, 0) is 25.5 Å². The maximum Gasteiger partial charge on any atom is 0.230 e. The van der Waals surface area contributed by atoms with Crippen LogP contribution in [0.3, 0.4) is 0 Å². The molecule has 0 bridgehead atoms. The molecule has 1 aliphatic heterocycles. The van der Waals surface area contributed by atoms with E-state index in [1.807, 2.05) is 31.2 Å². The fourth-order valence-electron chi connectivity index (χ4n) is 1.96. The van der Waals surface area contributed by atoms with E-state index in [2.05, 4.69) is 5.32 Å². The van der Waals surface area contributed by atoms with E-state index in [0.717, 1.165) is 4.90 Å². The second kappa shape index (κ2) is 5.96. The van der Waals surface area contributed by atoms with Gasteiger partial charge in [0.15, 0.2) is 9.84 Å². The van der Waals surface area contributed by atoms with Gasteiger partial charge < -0.3 is 5.32 Å². The van der Waals surface area contributed by atoms with E-state index in [-0.39, 0.29) is 23.5 Å².